The molecule has 5 heteroatoms. The molecule has 2 atom stereocenters. The number of ether oxygens (including phenoxy) is 1. The van der Waals surface area contributed by atoms with Crippen molar-refractivity contribution in [3.8, 4) is 0 Å². The Morgan fingerprint density at radius 1 is 1.39 bits per heavy atom. The van der Waals surface area contributed by atoms with Gasteiger partial charge < -0.3 is 19.6 Å². The Morgan fingerprint density at radius 3 is 2.65 bits per heavy atom. The zero-order valence-corrected chi connectivity index (χ0v) is 14.4. The number of furan rings is 1. The van der Waals surface area contributed by atoms with Gasteiger partial charge in [0.15, 0.2) is 0 Å². The van der Waals surface area contributed by atoms with Crippen molar-refractivity contribution in [3.63, 3.8) is 0 Å². The summed E-state index contributed by atoms with van der Waals surface area (Å²) in [5.41, 5.74) is -0.560. The summed E-state index contributed by atoms with van der Waals surface area (Å²) >= 11 is 0. The molecule has 0 saturated heterocycles. The van der Waals surface area contributed by atoms with Gasteiger partial charge in [0.1, 0.15) is 17.5 Å². The van der Waals surface area contributed by atoms with E-state index in [0.717, 1.165) is 19.3 Å². The molecular weight excluding hydrogens is 294 g/mol. The fraction of sp³-hybridized carbons (Fsp3) is 0.722. The number of carbonyl (C=O) groups is 1. The van der Waals surface area contributed by atoms with Gasteiger partial charge in [0.05, 0.1) is 12.3 Å². The van der Waals surface area contributed by atoms with Crippen LogP contribution in [-0.2, 0) is 4.74 Å². The lowest BCUT2D eigenvalue weighted by molar-refractivity contribution is 0.0359. The summed E-state index contributed by atoms with van der Waals surface area (Å²) in [6.07, 6.45) is 6.94. The molecule has 23 heavy (non-hydrogen) atoms. The van der Waals surface area contributed by atoms with Gasteiger partial charge >= 0.3 is 6.09 Å². The van der Waals surface area contributed by atoms with E-state index >= 15 is 0 Å². The van der Waals surface area contributed by atoms with Crippen molar-refractivity contribution in [2.24, 2.45) is 5.92 Å². The Balaban J connectivity index is 2.02. The van der Waals surface area contributed by atoms with E-state index in [1.165, 1.54) is 25.5 Å². The van der Waals surface area contributed by atoms with Crippen LogP contribution in [0.25, 0.3) is 0 Å². The van der Waals surface area contributed by atoms with Crippen molar-refractivity contribution < 1.29 is 19.1 Å². The van der Waals surface area contributed by atoms with Gasteiger partial charge in [-0.1, -0.05) is 32.1 Å². The molecule has 0 radical (unpaired) electrons. The number of rotatable bonds is 5. The van der Waals surface area contributed by atoms with E-state index in [4.69, 9.17) is 9.15 Å². The average molecular weight is 323 g/mol. The maximum absolute atomic E-state index is 12.1. The van der Waals surface area contributed by atoms with Crippen LogP contribution in [0.15, 0.2) is 22.8 Å². The molecule has 5 nitrogen and oxygen atoms in total. The topological polar surface area (TPSA) is 71.7 Å². The van der Waals surface area contributed by atoms with Gasteiger partial charge in [0, 0.05) is 0 Å². The monoisotopic (exact) mass is 323 g/mol. The molecule has 1 aliphatic rings. The number of alkyl carbamates (subject to hydrolysis) is 1. The van der Waals surface area contributed by atoms with Crippen LogP contribution in [-0.4, -0.2) is 22.8 Å². The summed E-state index contributed by atoms with van der Waals surface area (Å²) < 4.78 is 10.6. The normalized spacial score (nSPS) is 19.1. The third-order valence-electron chi connectivity index (χ3n) is 4.23. The molecule has 1 fully saturated rings. The lowest BCUT2D eigenvalue weighted by Crippen LogP contribution is -2.43. The van der Waals surface area contributed by atoms with Gasteiger partial charge in [0.2, 0.25) is 0 Å². The molecule has 1 heterocycles. The molecule has 1 aromatic heterocycles. The number of hydrogen-bond donors (Lipinski definition) is 2. The number of nitrogens with one attached hydrogen (secondary N) is 1. The SMILES string of the molecule is CC(C)(C)OC(=O)N[C@@H](CC1CCCCC1)[C@@H](O)c1ccco1. The molecule has 1 amide bonds. The Bertz CT molecular complexity index is 472. The third-order valence-corrected chi connectivity index (χ3v) is 4.23. The second-order valence-electron chi connectivity index (χ2n) is 7.45. The van der Waals surface area contributed by atoms with Crippen LogP contribution in [0, 0.1) is 5.92 Å². The minimum Gasteiger partial charge on any atom is -0.467 e. The first kappa shape index (κ1) is 17.9. The van der Waals surface area contributed by atoms with Crippen molar-refractivity contribution in [1.82, 2.24) is 5.32 Å². The van der Waals surface area contributed by atoms with Crippen LogP contribution < -0.4 is 5.32 Å². The van der Waals surface area contributed by atoms with Crippen molar-refractivity contribution >= 4 is 6.09 Å². The van der Waals surface area contributed by atoms with Gasteiger partial charge in [-0.3, -0.25) is 0 Å². The molecule has 0 spiro atoms. The average Bonchev–Trinajstić information content (AvgIpc) is 2.99. The smallest absolute Gasteiger partial charge is 0.407 e. The number of aliphatic hydroxyl groups is 1. The van der Waals surface area contributed by atoms with Crippen LogP contribution in [0.2, 0.25) is 0 Å². The molecule has 2 N–H and O–H groups in total. The Morgan fingerprint density at radius 2 is 2.09 bits per heavy atom. The molecule has 0 aliphatic heterocycles. The predicted molar refractivity (Wildman–Crippen MR) is 88.0 cm³/mol. The highest BCUT2D eigenvalue weighted by Gasteiger charge is 2.30. The maximum atomic E-state index is 12.1. The molecule has 130 valence electrons. The van der Waals surface area contributed by atoms with Gasteiger partial charge in [0.25, 0.3) is 0 Å². The molecule has 1 aromatic rings. The van der Waals surface area contributed by atoms with Crippen LogP contribution >= 0.6 is 0 Å². The van der Waals surface area contributed by atoms with Crippen molar-refractivity contribution in [2.45, 2.75) is 77.0 Å². The Kier molecular flexibility index (Phi) is 6.10. The van der Waals surface area contributed by atoms with E-state index in [1.54, 1.807) is 12.1 Å². The number of amides is 1. The lowest BCUT2D eigenvalue weighted by atomic mass is 9.83. The molecule has 0 unspecified atom stereocenters. The predicted octanol–water partition coefficient (Wildman–Crippen LogP) is 4.18. The molecule has 1 saturated carbocycles. The second-order valence-corrected chi connectivity index (χ2v) is 7.45. The van der Waals surface area contributed by atoms with Gasteiger partial charge in [-0.25, -0.2) is 4.79 Å². The van der Waals surface area contributed by atoms with E-state index in [-0.39, 0.29) is 0 Å². The van der Waals surface area contributed by atoms with E-state index in [9.17, 15) is 9.90 Å². The summed E-state index contributed by atoms with van der Waals surface area (Å²) in [6.45, 7) is 5.48. The molecule has 2 rings (SSSR count). The van der Waals surface area contributed by atoms with E-state index in [0.29, 0.717) is 11.7 Å². The lowest BCUT2D eigenvalue weighted by Gasteiger charge is -2.30. The van der Waals surface area contributed by atoms with Gasteiger partial charge in [-0.2, -0.15) is 0 Å². The second kappa shape index (κ2) is 7.86. The summed E-state index contributed by atoms with van der Waals surface area (Å²) in [4.78, 5) is 12.1. The van der Waals surface area contributed by atoms with Crippen LogP contribution in [0.5, 0.6) is 0 Å². The summed E-state index contributed by atoms with van der Waals surface area (Å²) in [7, 11) is 0. The summed E-state index contributed by atoms with van der Waals surface area (Å²) in [5.74, 6) is 0.996. The Labute approximate surface area is 138 Å². The highest BCUT2D eigenvalue weighted by Crippen LogP contribution is 2.31. The first-order valence-electron chi connectivity index (χ1n) is 8.56. The van der Waals surface area contributed by atoms with Crippen molar-refractivity contribution in [3.05, 3.63) is 24.2 Å². The summed E-state index contributed by atoms with van der Waals surface area (Å²) in [5, 5.41) is 13.4. The van der Waals surface area contributed by atoms with E-state index in [2.05, 4.69) is 5.32 Å². The zero-order valence-electron chi connectivity index (χ0n) is 14.4. The van der Waals surface area contributed by atoms with E-state index < -0.39 is 23.8 Å². The van der Waals surface area contributed by atoms with Gasteiger partial charge in [-0.05, 0) is 45.2 Å². The number of hydrogen-bond acceptors (Lipinski definition) is 4. The van der Waals surface area contributed by atoms with Gasteiger partial charge in [-0.15, -0.1) is 0 Å². The minimum absolute atomic E-state index is 0.404. The van der Waals surface area contributed by atoms with Crippen LogP contribution in [0.4, 0.5) is 4.79 Å². The highest BCUT2D eigenvalue weighted by molar-refractivity contribution is 5.68. The van der Waals surface area contributed by atoms with Crippen LogP contribution in [0.1, 0.15) is 71.2 Å². The number of carbonyl (C=O) groups excluding carboxylic acids is 1. The minimum atomic E-state index is -0.862. The highest BCUT2D eigenvalue weighted by atomic mass is 16.6. The largest absolute Gasteiger partial charge is 0.467 e. The Hall–Kier alpha value is -1.49. The first-order chi connectivity index (χ1) is 10.8. The fourth-order valence-corrected chi connectivity index (χ4v) is 3.17. The van der Waals surface area contributed by atoms with Crippen LogP contribution in [0.3, 0.4) is 0 Å². The first-order valence-corrected chi connectivity index (χ1v) is 8.56. The van der Waals surface area contributed by atoms with E-state index in [1.807, 2.05) is 20.8 Å². The molecular formula is C18H29NO4. The molecule has 0 bridgehead atoms. The zero-order chi connectivity index (χ0) is 16.9. The third kappa shape index (κ3) is 5.90. The fourth-order valence-electron chi connectivity index (χ4n) is 3.17. The standard InChI is InChI=1S/C18H29NO4/c1-18(2,3)23-17(21)19-14(12-13-8-5-4-6-9-13)16(20)15-10-7-11-22-15/h7,10-11,13-14,16,20H,4-6,8-9,12H2,1-3H3,(H,19,21)/t14-,16+/m0/s1. The van der Waals surface area contributed by atoms with Crippen molar-refractivity contribution in [2.75, 3.05) is 0 Å². The summed E-state index contributed by atoms with van der Waals surface area (Å²) in [6, 6.07) is 3.07. The number of aliphatic hydroxyl groups excluding tert-OH is 1. The molecule has 1 aliphatic carbocycles. The van der Waals surface area contributed by atoms with Crippen molar-refractivity contribution in [1.29, 1.82) is 0 Å². The quantitative estimate of drug-likeness (QED) is 0.853. The maximum Gasteiger partial charge on any atom is 0.407 e. The molecule has 0 aromatic carbocycles.